The third-order valence-electron chi connectivity index (χ3n) is 3.48. The standard InChI is InChI=1S/C17H11N3O3/c1-10-2-3-14-12(8-10)9-13(17(21)22-14)16-19-15(20-23-16)11-4-6-18-7-5-11/h2-9H,1H3. The van der Waals surface area contributed by atoms with Gasteiger partial charge in [0.1, 0.15) is 11.1 Å². The number of aryl methyl sites for hydroxylation is 1. The lowest BCUT2D eigenvalue weighted by Crippen LogP contribution is -2.02. The van der Waals surface area contributed by atoms with Crippen molar-refractivity contribution in [1.82, 2.24) is 15.1 Å². The van der Waals surface area contributed by atoms with Crippen LogP contribution in [0, 0.1) is 6.92 Å². The molecule has 0 amide bonds. The van der Waals surface area contributed by atoms with Crippen LogP contribution in [0.5, 0.6) is 0 Å². The number of fused-ring (bicyclic) bond motifs is 1. The maximum atomic E-state index is 12.2. The van der Waals surface area contributed by atoms with Crippen LogP contribution in [-0.2, 0) is 0 Å². The molecule has 4 rings (SSSR count). The number of nitrogens with zero attached hydrogens (tertiary/aromatic N) is 3. The van der Waals surface area contributed by atoms with Crippen LogP contribution in [0.3, 0.4) is 0 Å². The second-order valence-corrected chi connectivity index (χ2v) is 5.15. The predicted octanol–water partition coefficient (Wildman–Crippen LogP) is 3.21. The molecule has 3 aromatic heterocycles. The van der Waals surface area contributed by atoms with E-state index < -0.39 is 5.63 Å². The summed E-state index contributed by atoms with van der Waals surface area (Å²) in [6.07, 6.45) is 3.27. The Hall–Kier alpha value is -3.28. The van der Waals surface area contributed by atoms with Crippen molar-refractivity contribution in [3.8, 4) is 22.8 Å². The number of aromatic nitrogens is 3. The van der Waals surface area contributed by atoms with Crippen molar-refractivity contribution < 1.29 is 8.94 Å². The maximum Gasteiger partial charge on any atom is 0.349 e. The molecule has 6 heteroatoms. The normalized spacial score (nSPS) is 11.0. The minimum atomic E-state index is -0.508. The van der Waals surface area contributed by atoms with E-state index in [0.717, 1.165) is 16.5 Å². The zero-order valence-electron chi connectivity index (χ0n) is 12.2. The molecule has 112 valence electrons. The smallest absolute Gasteiger partial charge is 0.349 e. The molecule has 0 fully saturated rings. The first-order chi connectivity index (χ1) is 11.2. The van der Waals surface area contributed by atoms with Gasteiger partial charge in [0, 0.05) is 23.3 Å². The fraction of sp³-hybridized carbons (Fsp3) is 0.0588. The van der Waals surface area contributed by atoms with Gasteiger partial charge in [0.2, 0.25) is 5.82 Å². The largest absolute Gasteiger partial charge is 0.422 e. The van der Waals surface area contributed by atoms with Crippen molar-refractivity contribution in [3.63, 3.8) is 0 Å². The lowest BCUT2D eigenvalue weighted by molar-refractivity contribution is 0.429. The van der Waals surface area contributed by atoms with Gasteiger partial charge in [-0.3, -0.25) is 4.98 Å². The molecule has 4 aromatic rings. The molecule has 0 aliphatic carbocycles. The molecule has 0 aliphatic heterocycles. The minimum Gasteiger partial charge on any atom is -0.422 e. The van der Waals surface area contributed by atoms with Gasteiger partial charge in [0.05, 0.1) is 0 Å². The van der Waals surface area contributed by atoms with Crippen molar-refractivity contribution in [2.75, 3.05) is 0 Å². The van der Waals surface area contributed by atoms with Crippen molar-refractivity contribution >= 4 is 11.0 Å². The molecule has 1 aromatic carbocycles. The van der Waals surface area contributed by atoms with Gasteiger partial charge in [-0.05, 0) is 37.3 Å². The molecule has 0 radical (unpaired) electrons. The van der Waals surface area contributed by atoms with Crippen molar-refractivity contribution in [2.45, 2.75) is 6.92 Å². The maximum absolute atomic E-state index is 12.2. The van der Waals surface area contributed by atoms with E-state index in [1.54, 1.807) is 36.7 Å². The second kappa shape index (κ2) is 5.17. The van der Waals surface area contributed by atoms with Gasteiger partial charge >= 0.3 is 5.63 Å². The van der Waals surface area contributed by atoms with Crippen LogP contribution in [0.25, 0.3) is 33.8 Å². The predicted molar refractivity (Wildman–Crippen MR) is 83.7 cm³/mol. The number of hydrogen-bond acceptors (Lipinski definition) is 6. The molecule has 0 spiro atoms. The van der Waals surface area contributed by atoms with Gasteiger partial charge in [-0.1, -0.05) is 16.8 Å². The summed E-state index contributed by atoms with van der Waals surface area (Å²) in [6.45, 7) is 1.97. The lowest BCUT2D eigenvalue weighted by atomic mass is 10.1. The Kier molecular flexibility index (Phi) is 3.01. The van der Waals surface area contributed by atoms with Crippen LogP contribution in [0.4, 0.5) is 0 Å². The highest BCUT2D eigenvalue weighted by molar-refractivity contribution is 5.81. The number of pyridine rings is 1. The molecule has 6 nitrogen and oxygen atoms in total. The molecular weight excluding hydrogens is 294 g/mol. The molecule has 0 unspecified atom stereocenters. The van der Waals surface area contributed by atoms with E-state index in [0.29, 0.717) is 11.4 Å². The fourth-order valence-electron chi connectivity index (χ4n) is 2.34. The molecule has 0 N–H and O–H groups in total. The average molecular weight is 305 g/mol. The van der Waals surface area contributed by atoms with Crippen LogP contribution in [0.1, 0.15) is 5.56 Å². The topological polar surface area (TPSA) is 82.0 Å². The molecule has 23 heavy (non-hydrogen) atoms. The zero-order valence-corrected chi connectivity index (χ0v) is 12.2. The second-order valence-electron chi connectivity index (χ2n) is 5.15. The quantitative estimate of drug-likeness (QED) is 0.529. The Balaban J connectivity index is 1.85. The van der Waals surface area contributed by atoms with Crippen LogP contribution in [0.15, 0.2) is 62.5 Å². The first kappa shape index (κ1) is 13.4. The molecule has 0 aliphatic rings. The third-order valence-corrected chi connectivity index (χ3v) is 3.48. The Morgan fingerprint density at radius 1 is 1.04 bits per heavy atom. The third kappa shape index (κ3) is 2.40. The summed E-state index contributed by atoms with van der Waals surface area (Å²) in [5.74, 6) is 0.528. The van der Waals surface area contributed by atoms with Gasteiger partial charge < -0.3 is 8.94 Å². The lowest BCUT2D eigenvalue weighted by Gasteiger charge is -1.99. The van der Waals surface area contributed by atoms with Gasteiger partial charge in [-0.25, -0.2) is 4.79 Å². The van der Waals surface area contributed by atoms with E-state index in [2.05, 4.69) is 15.1 Å². The van der Waals surface area contributed by atoms with Gasteiger partial charge in [-0.15, -0.1) is 0 Å². The summed E-state index contributed by atoms with van der Waals surface area (Å²) in [4.78, 5) is 20.4. The van der Waals surface area contributed by atoms with Gasteiger partial charge in [0.25, 0.3) is 5.89 Å². The van der Waals surface area contributed by atoms with Crippen LogP contribution >= 0.6 is 0 Å². The van der Waals surface area contributed by atoms with Crippen molar-refractivity contribution in [1.29, 1.82) is 0 Å². The van der Waals surface area contributed by atoms with Gasteiger partial charge in [0.15, 0.2) is 0 Å². The summed E-state index contributed by atoms with van der Waals surface area (Å²) in [5.41, 5.74) is 2.09. The van der Waals surface area contributed by atoms with E-state index in [-0.39, 0.29) is 11.5 Å². The fourth-order valence-corrected chi connectivity index (χ4v) is 2.34. The van der Waals surface area contributed by atoms with E-state index in [9.17, 15) is 4.79 Å². The first-order valence-electron chi connectivity index (χ1n) is 7.00. The molecule has 3 heterocycles. The first-order valence-corrected chi connectivity index (χ1v) is 7.00. The molecule has 0 saturated heterocycles. The summed E-state index contributed by atoms with van der Waals surface area (Å²) in [7, 11) is 0. The molecular formula is C17H11N3O3. The summed E-state index contributed by atoms with van der Waals surface area (Å²) in [5, 5.41) is 4.72. The molecule has 0 bridgehead atoms. The molecule has 0 saturated carbocycles. The average Bonchev–Trinajstić information content (AvgIpc) is 3.05. The van der Waals surface area contributed by atoms with Crippen LogP contribution in [-0.4, -0.2) is 15.1 Å². The SMILES string of the molecule is Cc1ccc2oc(=O)c(-c3nc(-c4ccncc4)no3)cc2c1. The number of hydrogen-bond donors (Lipinski definition) is 0. The number of benzene rings is 1. The highest BCUT2D eigenvalue weighted by atomic mass is 16.5. The Morgan fingerprint density at radius 2 is 1.87 bits per heavy atom. The van der Waals surface area contributed by atoms with Gasteiger partial charge in [-0.2, -0.15) is 4.98 Å². The molecule has 0 atom stereocenters. The summed E-state index contributed by atoms with van der Waals surface area (Å²) in [6, 6.07) is 10.8. The van der Waals surface area contributed by atoms with Crippen molar-refractivity contribution in [3.05, 3.63) is 64.8 Å². The van der Waals surface area contributed by atoms with Crippen molar-refractivity contribution in [2.24, 2.45) is 0 Å². The zero-order chi connectivity index (χ0) is 15.8. The highest BCUT2D eigenvalue weighted by Gasteiger charge is 2.16. The number of rotatable bonds is 2. The summed E-state index contributed by atoms with van der Waals surface area (Å²) >= 11 is 0. The Bertz CT molecular complexity index is 1050. The van der Waals surface area contributed by atoms with E-state index in [1.165, 1.54) is 0 Å². The Labute approximate surface area is 130 Å². The van der Waals surface area contributed by atoms with E-state index >= 15 is 0 Å². The van der Waals surface area contributed by atoms with Crippen LogP contribution in [0.2, 0.25) is 0 Å². The monoisotopic (exact) mass is 305 g/mol. The highest BCUT2D eigenvalue weighted by Crippen LogP contribution is 2.23. The van der Waals surface area contributed by atoms with E-state index in [1.807, 2.05) is 19.1 Å². The minimum absolute atomic E-state index is 0.133. The van der Waals surface area contributed by atoms with Crippen LogP contribution < -0.4 is 5.63 Å². The Morgan fingerprint density at radius 3 is 2.70 bits per heavy atom. The summed E-state index contributed by atoms with van der Waals surface area (Å²) < 4.78 is 10.5. The van der Waals surface area contributed by atoms with E-state index in [4.69, 9.17) is 8.94 Å².